The van der Waals surface area contributed by atoms with Gasteiger partial charge in [-0.25, -0.2) is 0 Å². The molecule has 0 fully saturated rings. The molecule has 3 aromatic rings. The summed E-state index contributed by atoms with van der Waals surface area (Å²) in [6.45, 7) is 1.66. The van der Waals surface area contributed by atoms with E-state index < -0.39 is 0 Å². The second-order valence-electron chi connectivity index (χ2n) is 7.39. The van der Waals surface area contributed by atoms with Gasteiger partial charge in [0.25, 0.3) is 5.91 Å². The Balaban J connectivity index is 1.45. The van der Waals surface area contributed by atoms with Crippen molar-refractivity contribution in [2.45, 2.75) is 19.4 Å². The van der Waals surface area contributed by atoms with E-state index in [1.165, 1.54) is 0 Å². The third-order valence-corrected chi connectivity index (χ3v) is 5.14. The van der Waals surface area contributed by atoms with Crippen LogP contribution in [0.3, 0.4) is 0 Å². The van der Waals surface area contributed by atoms with Crippen molar-refractivity contribution in [2.24, 2.45) is 0 Å². The minimum atomic E-state index is -0.300. The molecule has 1 heterocycles. The van der Waals surface area contributed by atoms with Crippen molar-refractivity contribution in [1.82, 2.24) is 0 Å². The molecule has 1 N–H and O–H groups in total. The van der Waals surface area contributed by atoms with Crippen LogP contribution in [0.1, 0.15) is 29.3 Å². The number of hydrogen-bond acceptors (Lipinski definition) is 4. The molecule has 3 aromatic carbocycles. The molecular formula is C25H22N2O4. The van der Waals surface area contributed by atoms with E-state index in [0.29, 0.717) is 28.3 Å². The first-order chi connectivity index (χ1) is 15.0. The van der Waals surface area contributed by atoms with Gasteiger partial charge in [-0.2, -0.15) is 0 Å². The van der Waals surface area contributed by atoms with Crippen molar-refractivity contribution in [3.05, 3.63) is 90.0 Å². The number of hydrogen-bond donors (Lipinski definition) is 1. The topological polar surface area (TPSA) is 75.7 Å². The molecule has 1 aliphatic rings. The Labute approximate surface area is 180 Å². The van der Waals surface area contributed by atoms with Crippen molar-refractivity contribution >= 4 is 29.0 Å². The van der Waals surface area contributed by atoms with Crippen LogP contribution in [-0.2, 0) is 9.59 Å². The maximum Gasteiger partial charge on any atom is 0.265 e. The van der Waals surface area contributed by atoms with Gasteiger partial charge in [0.2, 0.25) is 5.91 Å². The molecule has 0 aromatic heterocycles. The summed E-state index contributed by atoms with van der Waals surface area (Å²) in [5.74, 6) is 0.0362. The van der Waals surface area contributed by atoms with Crippen LogP contribution in [0.25, 0.3) is 0 Å². The van der Waals surface area contributed by atoms with Crippen LogP contribution >= 0.6 is 0 Å². The van der Waals surface area contributed by atoms with Crippen molar-refractivity contribution in [3.8, 4) is 5.75 Å². The van der Waals surface area contributed by atoms with Gasteiger partial charge in [0.1, 0.15) is 5.75 Å². The van der Waals surface area contributed by atoms with Crippen LogP contribution in [-0.4, -0.2) is 30.2 Å². The first kappa shape index (κ1) is 20.3. The number of fused-ring (bicyclic) bond motifs is 1. The second-order valence-corrected chi connectivity index (χ2v) is 7.39. The van der Waals surface area contributed by atoms with Crippen molar-refractivity contribution in [3.63, 3.8) is 0 Å². The first-order valence-electron chi connectivity index (χ1n) is 10.1. The van der Waals surface area contributed by atoms with E-state index >= 15 is 0 Å². The summed E-state index contributed by atoms with van der Waals surface area (Å²) < 4.78 is 5.68. The standard InChI is InChI=1S/C25H22N2O4/c1-17-15-23(28)26-21-9-5-6-10-22(21)27(17)24(29)16-31-20-13-11-19(12-14-20)25(30)18-7-3-2-4-8-18/h2-14,17H,15-16H2,1H3,(H,26,28)/t17-/m0/s1. The van der Waals surface area contributed by atoms with Gasteiger partial charge in [0.05, 0.1) is 11.4 Å². The maximum absolute atomic E-state index is 13.0. The van der Waals surface area contributed by atoms with E-state index in [1.54, 1.807) is 53.4 Å². The lowest BCUT2D eigenvalue weighted by Gasteiger charge is -2.27. The van der Waals surface area contributed by atoms with E-state index in [2.05, 4.69) is 5.32 Å². The number of carbonyl (C=O) groups is 3. The summed E-state index contributed by atoms with van der Waals surface area (Å²) in [4.78, 5) is 39.2. The molecule has 0 saturated carbocycles. The minimum absolute atomic E-state index is 0.0737. The second kappa shape index (κ2) is 8.83. The predicted molar refractivity (Wildman–Crippen MR) is 118 cm³/mol. The molecule has 156 valence electrons. The lowest BCUT2D eigenvalue weighted by atomic mass is 10.0. The average molecular weight is 414 g/mol. The molecule has 6 nitrogen and oxygen atoms in total. The SMILES string of the molecule is C[C@H]1CC(=O)Nc2ccccc2N1C(=O)COc1ccc(C(=O)c2ccccc2)cc1. The number of anilines is 2. The van der Waals surface area contributed by atoms with Crippen LogP contribution in [0.2, 0.25) is 0 Å². The van der Waals surface area contributed by atoms with Crippen LogP contribution in [0.4, 0.5) is 11.4 Å². The van der Waals surface area contributed by atoms with Gasteiger partial charge in [0.15, 0.2) is 12.4 Å². The highest BCUT2D eigenvalue weighted by atomic mass is 16.5. The zero-order chi connectivity index (χ0) is 21.8. The highest BCUT2D eigenvalue weighted by Crippen LogP contribution is 2.31. The summed E-state index contributed by atoms with van der Waals surface area (Å²) >= 11 is 0. The molecular weight excluding hydrogens is 392 g/mol. The normalized spacial score (nSPS) is 15.5. The van der Waals surface area contributed by atoms with Gasteiger partial charge in [-0.05, 0) is 43.3 Å². The largest absolute Gasteiger partial charge is 0.484 e. The number of nitrogens with one attached hydrogen (secondary N) is 1. The van der Waals surface area contributed by atoms with Gasteiger partial charge >= 0.3 is 0 Å². The number of ether oxygens (including phenoxy) is 1. The van der Waals surface area contributed by atoms with Crippen molar-refractivity contribution < 1.29 is 19.1 Å². The molecule has 2 amide bonds. The number of nitrogens with zero attached hydrogens (tertiary/aromatic N) is 1. The lowest BCUT2D eigenvalue weighted by molar-refractivity contribution is -0.121. The Bertz CT molecular complexity index is 1110. The van der Waals surface area contributed by atoms with E-state index in [0.717, 1.165) is 0 Å². The molecule has 0 unspecified atom stereocenters. The Morgan fingerprint density at radius 1 is 0.935 bits per heavy atom. The first-order valence-corrected chi connectivity index (χ1v) is 10.1. The molecule has 0 bridgehead atoms. The summed E-state index contributed by atoms with van der Waals surface area (Å²) in [5.41, 5.74) is 2.42. The zero-order valence-electron chi connectivity index (χ0n) is 17.1. The van der Waals surface area contributed by atoms with Gasteiger partial charge in [-0.15, -0.1) is 0 Å². The average Bonchev–Trinajstić information content (AvgIpc) is 2.92. The number of benzene rings is 3. The number of carbonyl (C=O) groups excluding carboxylic acids is 3. The monoisotopic (exact) mass is 414 g/mol. The Morgan fingerprint density at radius 2 is 1.58 bits per heavy atom. The van der Waals surface area contributed by atoms with Gasteiger partial charge in [-0.1, -0.05) is 42.5 Å². The molecule has 1 atom stereocenters. The molecule has 1 aliphatic heterocycles. The maximum atomic E-state index is 13.0. The molecule has 6 heteroatoms. The highest BCUT2D eigenvalue weighted by Gasteiger charge is 2.29. The Morgan fingerprint density at radius 3 is 2.32 bits per heavy atom. The lowest BCUT2D eigenvalue weighted by Crippen LogP contribution is -2.41. The van der Waals surface area contributed by atoms with E-state index in [1.807, 2.05) is 37.3 Å². The van der Waals surface area contributed by atoms with Gasteiger partial charge in [-0.3, -0.25) is 14.4 Å². The smallest absolute Gasteiger partial charge is 0.265 e. The van der Waals surface area contributed by atoms with Crippen molar-refractivity contribution in [2.75, 3.05) is 16.8 Å². The quantitative estimate of drug-likeness (QED) is 0.639. The number of amides is 2. The highest BCUT2D eigenvalue weighted by molar-refractivity contribution is 6.09. The molecule has 0 saturated heterocycles. The van der Waals surface area contributed by atoms with E-state index in [-0.39, 0.29) is 36.7 Å². The number of para-hydroxylation sites is 2. The predicted octanol–water partition coefficient (Wildman–Crippen LogP) is 4.06. The fourth-order valence-corrected chi connectivity index (χ4v) is 3.64. The van der Waals surface area contributed by atoms with E-state index in [4.69, 9.17) is 4.74 Å². The van der Waals surface area contributed by atoms with Crippen LogP contribution in [0.5, 0.6) is 5.75 Å². The third kappa shape index (κ3) is 4.48. The summed E-state index contributed by atoms with van der Waals surface area (Å²) in [7, 11) is 0. The van der Waals surface area contributed by atoms with Crippen molar-refractivity contribution in [1.29, 1.82) is 0 Å². The fraction of sp³-hybridized carbons (Fsp3) is 0.160. The third-order valence-electron chi connectivity index (χ3n) is 5.14. The molecule has 4 rings (SSSR count). The molecule has 0 radical (unpaired) electrons. The minimum Gasteiger partial charge on any atom is -0.484 e. The Kier molecular flexibility index (Phi) is 5.80. The van der Waals surface area contributed by atoms with Gasteiger partial charge < -0.3 is 15.0 Å². The van der Waals surface area contributed by atoms with Gasteiger partial charge in [0, 0.05) is 23.6 Å². The summed E-state index contributed by atoms with van der Waals surface area (Å²) in [6, 6.07) is 22.7. The zero-order valence-corrected chi connectivity index (χ0v) is 17.1. The number of ketones is 1. The van der Waals surface area contributed by atoms with Crippen LogP contribution in [0.15, 0.2) is 78.9 Å². The fourth-order valence-electron chi connectivity index (χ4n) is 3.64. The van der Waals surface area contributed by atoms with E-state index in [9.17, 15) is 14.4 Å². The summed E-state index contributed by atoms with van der Waals surface area (Å²) in [6.07, 6.45) is 0.205. The molecule has 0 spiro atoms. The molecule has 31 heavy (non-hydrogen) atoms. The van der Waals surface area contributed by atoms with Crippen LogP contribution in [0, 0.1) is 0 Å². The summed E-state index contributed by atoms with van der Waals surface area (Å²) in [5, 5.41) is 2.84. The molecule has 0 aliphatic carbocycles. The number of rotatable bonds is 5. The Hall–Kier alpha value is -3.93. The van der Waals surface area contributed by atoms with Crippen LogP contribution < -0.4 is 15.0 Å².